The van der Waals surface area contributed by atoms with Gasteiger partial charge in [-0.05, 0) is 44.6 Å². The molecule has 0 bridgehead atoms. The summed E-state index contributed by atoms with van der Waals surface area (Å²) in [7, 11) is 2.08. The van der Waals surface area contributed by atoms with Crippen LogP contribution in [0.15, 0.2) is 0 Å². The lowest BCUT2D eigenvalue weighted by Crippen LogP contribution is -2.44. The van der Waals surface area contributed by atoms with E-state index in [2.05, 4.69) is 19.3 Å². The van der Waals surface area contributed by atoms with Crippen molar-refractivity contribution in [2.45, 2.75) is 64.0 Å². The van der Waals surface area contributed by atoms with Gasteiger partial charge in [-0.1, -0.05) is 26.2 Å². The first-order chi connectivity index (χ1) is 7.83. The predicted molar refractivity (Wildman–Crippen MR) is 67.6 cm³/mol. The minimum atomic E-state index is 0.474. The van der Waals surface area contributed by atoms with E-state index in [4.69, 9.17) is 4.74 Å². The van der Waals surface area contributed by atoms with Gasteiger partial charge in [0.15, 0.2) is 0 Å². The Balaban J connectivity index is 1.72. The van der Waals surface area contributed by atoms with Crippen molar-refractivity contribution in [1.82, 2.24) is 5.32 Å². The van der Waals surface area contributed by atoms with Crippen LogP contribution in [-0.2, 0) is 4.74 Å². The molecule has 0 amide bonds. The first kappa shape index (κ1) is 12.4. The molecule has 0 aromatic rings. The van der Waals surface area contributed by atoms with Crippen molar-refractivity contribution >= 4 is 0 Å². The molecule has 0 aliphatic heterocycles. The van der Waals surface area contributed by atoms with Gasteiger partial charge in [0.25, 0.3) is 0 Å². The number of hydrogen-bond acceptors (Lipinski definition) is 2. The van der Waals surface area contributed by atoms with Gasteiger partial charge in [-0.3, -0.25) is 0 Å². The number of nitrogens with one attached hydrogen (secondary N) is 1. The summed E-state index contributed by atoms with van der Waals surface area (Å²) in [4.78, 5) is 0. The van der Waals surface area contributed by atoms with Crippen LogP contribution in [0.3, 0.4) is 0 Å². The van der Waals surface area contributed by atoms with Gasteiger partial charge in [-0.15, -0.1) is 0 Å². The summed E-state index contributed by atoms with van der Waals surface area (Å²) >= 11 is 0. The Morgan fingerprint density at radius 3 is 2.50 bits per heavy atom. The number of likely N-dealkylation sites (N-methyl/N-ethyl adjacent to an activating group) is 1. The van der Waals surface area contributed by atoms with Gasteiger partial charge >= 0.3 is 0 Å². The Hall–Kier alpha value is -0.0800. The van der Waals surface area contributed by atoms with Gasteiger partial charge < -0.3 is 10.1 Å². The molecule has 0 spiro atoms. The highest BCUT2D eigenvalue weighted by atomic mass is 16.5. The zero-order valence-corrected chi connectivity index (χ0v) is 10.9. The maximum atomic E-state index is 6.11. The Kier molecular flexibility index (Phi) is 4.66. The summed E-state index contributed by atoms with van der Waals surface area (Å²) in [5, 5.41) is 3.43. The maximum absolute atomic E-state index is 6.11. The standard InChI is InChI=1S/C14H27NO/c1-3-11-6-7-13(15-2)14(10-11)16-9-8-12-4-5-12/h11-15H,3-10H2,1-2H3. The Morgan fingerprint density at radius 2 is 1.88 bits per heavy atom. The molecule has 0 radical (unpaired) electrons. The Labute approximate surface area is 100 Å². The summed E-state index contributed by atoms with van der Waals surface area (Å²) in [5.41, 5.74) is 0. The summed E-state index contributed by atoms with van der Waals surface area (Å²) in [6.45, 7) is 3.30. The van der Waals surface area contributed by atoms with E-state index >= 15 is 0 Å². The molecule has 0 saturated heterocycles. The third kappa shape index (κ3) is 3.46. The highest BCUT2D eigenvalue weighted by Gasteiger charge is 2.30. The lowest BCUT2D eigenvalue weighted by atomic mass is 9.82. The molecule has 0 heterocycles. The molecule has 3 unspecified atom stereocenters. The van der Waals surface area contributed by atoms with Gasteiger partial charge in [-0.2, -0.15) is 0 Å². The maximum Gasteiger partial charge on any atom is 0.0730 e. The summed E-state index contributed by atoms with van der Waals surface area (Å²) in [5.74, 6) is 1.90. The van der Waals surface area contributed by atoms with E-state index in [1.165, 1.54) is 44.9 Å². The largest absolute Gasteiger partial charge is 0.377 e. The molecule has 2 fully saturated rings. The summed E-state index contributed by atoms with van der Waals surface area (Å²) in [6, 6.07) is 0.599. The summed E-state index contributed by atoms with van der Waals surface area (Å²) < 4.78 is 6.11. The van der Waals surface area contributed by atoms with Crippen molar-refractivity contribution in [2.75, 3.05) is 13.7 Å². The highest BCUT2D eigenvalue weighted by molar-refractivity contribution is 4.85. The van der Waals surface area contributed by atoms with Gasteiger partial charge in [0.1, 0.15) is 0 Å². The van der Waals surface area contributed by atoms with Gasteiger partial charge in [0.2, 0.25) is 0 Å². The molecule has 2 saturated carbocycles. The van der Waals surface area contributed by atoms with Crippen molar-refractivity contribution in [1.29, 1.82) is 0 Å². The normalized spacial score (nSPS) is 35.2. The van der Waals surface area contributed by atoms with Crippen LogP contribution < -0.4 is 5.32 Å². The Morgan fingerprint density at radius 1 is 1.12 bits per heavy atom. The molecular formula is C14H27NO. The second kappa shape index (κ2) is 6.02. The van der Waals surface area contributed by atoms with Crippen molar-refractivity contribution < 1.29 is 4.74 Å². The van der Waals surface area contributed by atoms with Crippen LogP contribution in [0.5, 0.6) is 0 Å². The van der Waals surface area contributed by atoms with Crippen LogP contribution in [-0.4, -0.2) is 25.8 Å². The van der Waals surface area contributed by atoms with Crippen LogP contribution in [0.1, 0.15) is 51.9 Å². The molecule has 2 aliphatic rings. The van der Waals surface area contributed by atoms with E-state index in [0.29, 0.717) is 12.1 Å². The fourth-order valence-corrected chi connectivity index (χ4v) is 2.89. The SMILES string of the molecule is CCC1CCC(NC)C(OCCC2CC2)C1. The molecule has 1 N–H and O–H groups in total. The van der Waals surface area contributed by atoms with Gasteiger partial charge in [0, 0.05) is 12.6 Å². The predicted octanol–water partition coefficient (Wildman–Crippen LogP) is 2.97. The molecule has 0 aromatic carbocycles. The van der Waals surface area contributed by atoms with Crippen molar-refractivity contribution in [3.05, 3.63) is 0 Å². The van der Waals surface area contributed by atoms with Crippen LogP contribution in [0.25, 0.3) is 0 Å². The number of ether oxygens (including phenoxy) is 1. The molecule has 2 aliphatic carbocycles. The van der Waals surface area contributed by atoms with E-state index in [1.54, 1.807) is 0 Å². The lowest BCUT2D eigenvalue weighted by Gasteiger charge is -2.35. The average molecular weight is 225 g/mol. The second-order valence-electron chi connectivity index (χ2n) is 5.62. The minimum absolute atomic E-state index is 0.474. The molecule has 2 heteroatoms. The van der Waals surface area contributed by atoms with Crippen molar-refractivity contribution in [2.24, 2.45) is 11.8 Å². The topological polar surface area (TPSA) is 21.3 Å². The molecular weight excluding hydrogens is 198 g/mol. The average Bonchev–Trinajstić information content (AvgIpc) is 3.13. The highest BCUT2D eigenvalue weighted by Crippen LogP contribution is 2.33. The second-order valence-corrected chi connectivity index (χ2v) is 5.62. The quantitative estimate of drug-likeness (QED) is 0.750. The fraction of sp³-hybridized carbons (Fsp3) is 1.00. The van der Waals surface area contributed by atoms with Gasteiger partial charge in [-0.25, -0.2) is 0 Å². The minimum Gasteiger partial charge on any atom is -0.377 e. The first-order valence-corrected chi connectivity index (χ1v) is 7.12. The third-order valence-corrected chi connectivity index (χ3v) is 4.40. The zero-order valence-electron chi connectivity index (χ0n) is 10.9. The van der Waals surface area contributed by atoms with E-state index in [1.807, 2.05) is 0 Å². The van der Waals surface area contributed by atoms with Crippen LogP contribution in [0.4, 0.5) is 0 Å². The van der Waals surface area contributed by atoms with E-state index in [9.17, 15) is 0 Å². The summed E-state index contributed by atoms with van der Waals surface area (Å²) in [6.07, 6.45) is 9.92. The van der Waals surface area contributed by atoms with Gasteiger partial charge in [0.05, 0.1) is 6.10 Å². The molecule has 3 atom stereocenters. The third-order valence-electron chi connectivity index (χ3n) is 4.40. The Bertz CT molecular complexity index is 203. The van der Waals surface area contributed by atoms with Crippen LogP contribution in [0.2, 0.25) is 0 Å². The number of rotatable bonds is 6. The van der Waals surface area contributed by atoms with E-state index < -0.39 is 0 Å². The lowest BCUT2D eigenvalue weighted by molar-refractivity contribution is -0.0109. The monoisotopic (exact) mass is 225 g/mol. The molecule has 16 heavy (non-hydrogen) atoms. The molecule has 94 valence electrons. The fourth-order valence-electron chi connectivity index (χ4n) is 2.89. The number of hydrogen-bond donors (Lipinski definition) is 1. The molecule has 2 rings (SSSR count). The van der Waals surface area contributed by atoms with Crippen LogP contribution >= 0.6 is 0 Å². The van der Waals surface area contributed by atoms with Crippen molar-refractivity contribution in [3.8, 4) is 0 Å². The molecule has 2 nitrogen and oxygen atoms in total. The van der Waals surface area contributed by atoms with E-state index in [0.717, 1.165) is 18.4 Å². The van der Waals surface area contributed by atoms with Crippen LogP contribution in [0, 0.1) is 11.8 Å². The molecule has 0 aromatic heterocycles. The zero-order chi connectivity index (χ0) is 11.4. The first-order valence-electron chi connectivity index (χ1n) is 7.12. The smallest absolute Gasteiger partial charge is 0.0730 e. The van der Waals surface area contributed by atoms with E-state index in [-0.39, 0.29) is 0 Å². The van der Waals surface area contributed by atoms with Crippen molar-refractivity contribution in [3.63, 3.8) is 0 Å².